The molecular formula is C16H25ClF2N2O4S. The fraction of sp³-hybridized carbons (Fsp3) is 0.625. The van der Waals surface area contributed by atoms with E-state index in [1.165, 1.54) is 24.3 Å². The maximum Gasteiger partial charge on any atom is 0.272 e. The summed E-state index contributed by atoms with van der Waals surface area (Å²) < 4.78 is 62.0. The molecule has 2 N–H and O–H groups in total. The summed E-state index contributed by atoms with van der Waals surface area (Å²) in [7, 11) is -2.09. The molecule has 10 heteroatoms. The number of ether oxygens (including phenoxy) is 2. The number of sulfonamides is 1. The van der Waals surface area contributed by atoms with Crippen LogP contribution in [0.3, 0.4) is 0 Å². The Hall–Kier alpha value is -1.00. The van der Waals surface area contributed by atoms with Crippen LogP contribution in [-0.2, 0) is 14.8 Å². The van der Waals surface area contributed by atoms with Crippen LogP contribution in [0.5, 0.6) is 5.75 Å². The van der Waals surface area contributed by atoms with Crippen molar-refractivity contribution < 1.29 is 26.7 Å². The van der Waals surface area contributed by atoms with E-state index in [1.807, 2.05) is 0 Å². The van der Waals surface area contributed by atoms with Gasteiger partial charge in [0.25, 0.3) is 6.43 Å². The monoisotopic (exact) mass is 414 g/mol. The Morgan fingerprint density at radius 2 is 1.85 bits per heavy atom. The molecule has 0 aromatic heterocycles. The van der Waals surface area contributed by atoms with Crippen LogP contribution < -0.4 is 14.8 Å². The van der Waals surface area contributed by atoms with E-state index in [0.717, 1.165) is 25.9 Å². The summed E-state index contributed by atoms with van der Waals surface area (Å²) in [6.45, 7) is 1.69. The summed E-state index contributed by atoms with van der Waals surface area (Å²) in [4.78, 5) is 0.0680. The topological polar surface area (TPSA) is 76.7 Å². The van der Waals surface area contributed by atoms with Gasteiger partial charge in [-0.05, 0) is 50.2 Å². The lowest BCUT2D eigenvalue weighted by molar-refractivity contribution is 0.0577. The van der Waals surface area contributed by atoms with E-state index in [1.54, 1.807) is 7.11 Å². The van der Waals surface area contributed by atoms with Crippen molar-refractivity contribution >= 4 is 22.4 Å². The Balaban J connectivity index is 0.00000338. The van der Waals surface area contributed by atoms with Crippen molar-refractivity contribution in [3.63, 3.8) is 0 Å². The van der Waals surface area contributed by atoms with Crippen LogP contribution >= 0.6 is 12.4 Å². The second kappa shape index (κ2) is 10.4. The highest BCUT2D eigenvalue weighted by Crippen LogP contribution is 2.29. The van der Waals surface area contributed by atoms with Crippen molar-refractivity contribution in [3.05, 3.63) is 24.3 Å². The van der Waals surface area contributed by atoms with E-state index in [0.29, 0.717) is 6.61 Å². The van der Waals surface area contributed by atoms with Gasteiger partial charge in [0, 0.05) is 19.1 Å². The van der Waals surface area contributed by atoms with Gasteiger partial charge in [0.05, 0.1) is 11.5 Å². The molecule has 0 saturated carbocycles. The zero-order valence-electron chi connectivity index (χ0n) is 14.5. The Bertz CT molecular complexity index is 633. The zero-order valence-corrected chi connectivity index (χ0v) is 16.2. The fourth-order valence-electron chi connectivity index (χ4n) is 2.84. The highest BCUT2D eigenvalue weighted by Gasteiger charge is 2.33. The van der Waals surface area contributed by atoms with Gasteiger partial charge in [-0.25, -0.2) is 21.9 Å². The van der Waals surface area contributed by atoms with Gasteiger partial charge in [0.2, 0.25) is 10.0 Å². The normalized spacial score (nSPS) is 16.9. The van der Waals surface area contributed by atoms with Crippen LogP contribution in [0.4, 0.5) is 8.78 Å². The molecule has 1 aliphatic rings. The lowest BCUT2D eigenvalue weighted by Crippen LogP contribution is -2.47. The first-order valence-corrected chi connectivity index (χ1v) is 9.56. The van der Waals surface area contributed by atoms with Crippen LogP contribution in [0.15, 0.2) is 29.2 Å². The van der Waals surface area contributed by atoms with Gasteiger partial charge in [-0.3, -0.25) is 0 Å². The molecule has 1 heterocycles. The number of halogens is 3. The molecule has 150 valence electrons. The molecule has 0 radical (unpaired) electrons. The van der Waals surface area contributed by atoms with Gasteiger partial charge >= 0.3 is 0 Å². The minimum atomic E-state index is -3.69. The molecule has 1 aromatic carbocycles. The first kappa shape index (κ1) is 23.0. The number of alkyl halides is 2. The molecule has 0 aliphatic carbocycles. The molecular weight excluding hydrogens is 390 g/mol. The van der Waals surface area contributed by atoms with Gasteiger partial charge in [-0.15, -0.1) is 12.4 Å². The first-order chi connectivity index (χ1) is 11.9. The number of hydrogen-bond donors (Lipinski definition) is 2. The molecule has 1 aliphatic heterocycles. The maximum atomic E-state index is 12.5. The Morgan fingerprint density at radius 3 is 2.38 bits per heavy atom. The summed E-state index contributed by atoms with van der Waals surface area (Å²) in [6.07, 6.45) is -0.930. The van der Waals surface area contributed by atoms with E-state index in [2.05, 4.69) is 10.0 Å². The third-order valence-electron chi connectivity index (χ3n) is 4.26. The van der Waals surface area contributed by atoms with Crippen molar-refractivity contribution in [3.8, 4) is 5.75 Å². The van der Waals surface area contributed by atoms with Gasteiger partial charge in [-0.2, -0.15) is 0 Å². The molecule has 0 atom stereocenters. The number of hydrogen-bond acceptors (Lipinski definition) is 5. The SMILES string of the molecule is COCC1(CNS(=O)(=O)c2ccc(OCC(F)F)cc2)CCNCC1.Cl. The number of methoxy groups -OCH3 is 1. The van der Waals surface area contributed by atoms with Crippen molar-refractivity contribution in [2.24, 2.45) is 5.41 Å². The summed E-state index contributed by atoms with van der Waals surface area (Å²) >= 11 is 0. The predicted octanol–water partition coefficient (Wildman–Crippen LogP) is 2.05. The molecule has 1 aromatic rings. The van der Waals surface area contributed by atoms with Crippen molar-refractivity contribution in [1.82, 2.24) is 10.0 Å². The molecule has 0 spiro atoms. The van der Waals surface area contributed by atoms with E-state index >= 15 is 0 Å². The van der Waals surface area contributed by atoms with Crippen molar-refractivity contribution in [2.75, 3.05) is 40.0 Å². The summed E-state index contributed by atoms with van der Waals surface area (Å²) in [5.41, 5.74) is -0.229. The van der Waals surface area contributed by atoms with Gasteiger partial charge in [0.1, 0.15) is 12.4 Å². The summed E-state index contributed by atoms with van der Waals surface area (Å²) in [5.74, 6) is 0.202. The lowest BCUT2D eigenvalue weighted by atomic mass is 9.80. The zero-order chi connectivity index (χ0) is 18.3. The van der Waals surface area contributed by atoms with Gasteiger partial charge < -0.3 is 14.8 Å². The van der Waals surface area contributed by atoms with Crippen LogP contribution in [0.1, 0.15) is 12.8 Å². The fourth-order valence-corrected chi connectivity index (χ4v) is 4.00. The Kier molecular flexibility index (Phi) is 9.18. The quantitative estimate of drug-likeness (QED) is 0.646. The second-order valence-electron chi connectivity index (χ2n) is 6.18. The van der Waals surface area contributed by atoms with Crippen LogP contribution in [0, 0.1) is 5.41 Å². The molecule has 1 fully saturated rings. The smallest absolute Gasteiger partial charge is 0.272 e. The van der Waals surface area contributed by atoms with Crippen molar-refractivity contribution in [1.29, 1.82) is 0 Å². The van der Waals surface area contributed by atoms with Gasteiger partial charge in [0.15, 0.2) is 0 Å². The molecule has 0 amide bonds. The molecule has 26 heavy (non-hydrogen) atoms. The van der Waals surface area contributed by atoms with Crippen LogP contribution in [0.2, 0.25) is 0 Å². The number of benzene rings is 1. The third kappa shape index (κ3) is 6.62. The molecule has 6 nitrogen and oxygen atoms in total. The second-order valence-corrected chi connectivity index (χ2v) is 7.95. The predicted molar refractivity (Wildman–Crippen MR) is 96.8 cm³/mol. The number of piperidine rings is 1. The van der Waals surface area contributed by atoms with E-state index < -0.39 is 23.1 Å². The molecule has 0 bridgehead atoms. The number of rotatable bonds is 9. The third-order valence-corrected chi connectivity index (χ3v) is 5.68. The average Bonchev–Trinajstić information content (AvgIpc) is 2.60. The van der Waals surface area contributed by atoms with E-state index in [4.69, 9.17) is 9.47 Å². The highest BCUT2D eigenvalue weighted by atomic mass is 35.5. The lowest BCUT2D eigenvalue weighted by Gasteiger charge is -2.37. The molecule has 1 saturated heterocycles. The van der Waals surface area contributed by atoms with E-state index in [-0.39, 0.29) is 35.0 Å². The number of nitrogens with one attached hydrogen (secondary N) is 2. The first-order valence-electron chi connectivity index (χ1n) is 8.07. The standard InChI is InChI=1S/C16H24F2N2O4S.ClH/c1-23-12-16(6-8-19-9-7-16)11-20-25(21,22)14-4-2-13(3-5-14)24-10-15(17)18;/h2-5,15,19-20H,6-12H2,1H3;1H. The largest absolute Gasteiger partial charge is 0.488 e. The van der Waals surface area contributed by atoms with Crippen LogP contribution in [0.25, 0.3) is 0 Å². The minimum absolute atomic E-state index is 0. The Labute approximate surface area is 159 Å². The Morgan fingerprint density at radius 1 is 1.23 bits per heavy atom. The highest BCUT2D eigenvalue weighted by molar-refractivity contribution is 7.89. The van der Waals surface area contributed by atoms with Crippen molar-refractivity contribution in [2.45, 2.75) is 24.2 Å². The van der Waals surface area contributed by atoms with E-state index in [9.17, 15) is 17.2 Å². The molecule has 0 unspecified atom stereocenters. The van der Waals surface area contributed by atoms with Crippen LogP contribution in [-0.4, -0.2) is 54.8 Å². The molecule has 2 rings (SSSR count). The summed E-state index contributed by atoms with van der Waals surface area (Å²) in [5, 5.41) is 3.25. The minimum Gasteiger partial charge on any atom is -0.488 e. The summed E-state index contributed by atoms with van der Waals surface area (Å²) in [6, 6.07) is 5.42. The maximum absolute atomic E-state index is 12.5. The average molecular weight is 415 g/mol. The van der Waals surface area contributed by atoms with Gasteiger partial charge in [-0.1, -0.05) is 0 Å².